The van der Waals surface area contributed by atoms with Gasteiger partial charge in [-0.1, -0.05) is 158 Å². The molecule has 262 valence electrons. The molecule has 0 fully saturated rings. The highest BCUT2D eigenvalue weighted by Crippen LogP contribution is 2.45. The predicted molar refractivity (Wildman–Crippen MR) is 234 cm³/mol. The van der Waals surface area contributed by atoms with Gasteiger partial charge >= 0.3 is 0 Å². The maximum absolute atomic E-state index is 9.26. The first-order chi connectivity index (χ1) is 30.2. The number of rotatable bonds is 6. The molecule has 8 aromatic carbocycles. The number of hydrogen-bond donors (Lipinski definition) is 0. The van der Waals surface area contributed by atoms with E-state index < -0.39 is 0 Å². The number of thiophene rings is 1. The van der Waals surface area contributed by atoms with E-state index in [9.17, 15) is 2.74 Å². The molecule has 0 bridgehead atoms. The van der Waals surface area contributed by atoms with Gasteiger partial charge in [-0.15, -0.1) is 11.3 Å². The fraction of sp³-hybridized carbons (Fsp3) is 0. The minimum atomic E-state index is -0.165. The van der Waals surface area contributed by atoms with Crippen molar-refractivity contribution in [3.63, 3.8) is 0 Å². The summed E-state index contributed by atoms with van der Waals surface area (Å²) in [4.78, 5) is 15.0. The van der Waals surface area contributed by atoms with Crippen LogP contribution < -0.4 is 0 Å². The molecule has 0 N–H and O–H groups in total. The van der Waals surface area contributed by atoms with Gasteiger partial charge in [-0.25, -0.2) is 15.0 Å². The minimum Gasteiger partial charge on any atom is -0.309 e. The molecule has 0 radical (unpaired) electrons. The molecule has 0 aliphatic rings. The smallest absolute Gasteiger partial charge is 0.164 e. The molecule has 0 aliphatic carbocycles. The summed E-state index contributed by atoms with van der Waals surface area (Å²) in [5.41, 5.74) is 7.43. The lowest BCUT2D eigenvalue weighted by molar-refractivity contribution is 1.07. The molecule has 0 amide bonds. The molecule has 5 heteroatoms. The van der Waals surface area contributed by atoms with Gasteiger partial charge in [0.25, 0.3) is 0 Å². The summed E-state index contributed by atoms with van der Waals surface area (Å²) in [5.74, 6) is 1.49. The van der Waals surface area contributed by atoms with Crippen molar-refractivity contribution in [2.45, 2.75) is 0 Å². The van der Waals surface area contributed by atoms with Gasteiger partial charge in [-0.05, 0) is 47.5 Å². The summed E-state index contributed by atoms with van der Waals surface area (Å²) in [5, 5.41) is 2.59. The fourth-order valence-electron chi connectivity index (χ4n) is 7.60. The summed E-state index contributed by atoms with van der Waals surface area (Å²) in [6.07, 6.45) is 0. The van der Waals surface area contributed by atoms with E-state index in [0.717, 1.165) is 53.6 Å². The summed E-state index contributed by atoms with van der Waals surface area (Å²) in [6, 6.07) is 50.5. The Morgan fingerprint density at radius 3 is 1.61 bits per heavy atom. The SMILES string of the molecule is [2H]c1cc([2H])c2c(c1[2H])c1c([2H])c([2H])cc([2H])c1n2-c1ccc(-c2nc(-c3ccccc3)nc(-c3ccccc3)n2)cc1-c1cccc2c1sc1cc(-c3ccccc3)ccc12. The maximum atomic E-state index is 9.26. The summed E-state index contributed by atoms with van der Waals surface area (Å²) >= 11 is 1.69. The second-order valence-corrected chi connectivity index (χ2v) is 14.6. The number of nitrogens with zero attached hydrogens (tertiary/aromatic N) is 4. The lowest BCUT2D eigenvalue weighted by Crippen LogP contribution is -2.02. The van der Waals surface area contributed by atoms with Crippen LogP contribution in [-0.4, -0.2) is 19.5 Å². The van der Waals surface area contributed by atoms with E-state index >= 15 is 0 Å². The van der Waals surface area contributed by atoms with Crippen molar-refractivity contribution in [2.75, 3.05) is 0 Å². The van der Waals surface area contributed by atoms with Crippen molar-refractivity contribution in [2.24, 2.45) is 0 Å². The van der Waals surface area contributed by atoms with Gasteiger partial charge < -0.3 is 4.57 Å². The van der Waals surface area contributed by atoms with Crippen molar-refractivity contribution >= 4 is 53.3 Å². The first-order valence-electron chi connectivity index (χ1n) is 21.3. The lowest BCUT2D eigenvalue weighted by Gasteiger charge is -2.17. The van der Waals surface area contributed by atoms with Crippen LogP contribution >= 0.6 is 11.3 Å². The van der Waals surface area contributed by atoms with E-state index in [0.29, 0.717) is 28.7 Å². The van der Waals surface area contributed by atoms with Gasteiger partial charge in [0.1, 0.15) is 0 Å². The number of fused-ring (bicyclic) bond motifs is 6. The summed E-state index contributed by atoms with van der Waals surface area (Å²) < 4.78 is 57.8. The van der Waals surface area contributed by atoms with E-state index in [1.807, 2.05) is 103 Å². The number of benzene rings is 8. The molecular weight excluding hydrogens is 701 g/mol. The minimum absolute atomic E-state index is 0.0245. The van der Waals surface area contributed by atoms with Gasteiger partial charge in [0.05, 0.1) is 24.9 Å². The number of aromatic nitrogens is 4. The summed E-state index contributed by atoms with van der Waals surface area (Å²) in [6.45, 7) is 0. The van der Waals surface area contributed by atoms with Crippen molar-refractivity contribution < 1.29 is 8.22 Å². The first kappa shape index (κ1) is 26.5. The van der Waals surface area contributed by atoms with Crippen LogP contribution in [0.1, 0.15) is 8.22 Å². The number of hydrogen-bond acceptors (Lipinski definition) is 4. The van der Waals surface area contributed by atoms with Crippen LogP contribution in [0.2, 0.25) is 0 Å². The van der Waals surface area contributed by atoms with Crippen molar-refractivity contribution in [3.8, 4) is 62.1 Å². The highest BCUT2D eigenvalue weighted by atomic mass is 32.1. The van der Waals surface area contributed by atoms with E-state index in [2.05, 4.69) is 42.5 Å². The van der Waals surface area contributed by atoms with Gasteiger partial charge in [-0.2, -0.15) is 0 Å². The molecule has 56 heavy (non-hydrogen) atoms. The third-order valence-corrected chi connectivity index (χ3v) is 11.4. The third kappa shape index (κ3) is 5.40. The molecule has 0 saturated carbocycles. The van der Waals surface area contributed by atoms with Gasteiger partial charge in [0.15, 0.2) is 17.5 Å². The second-order valence-electron chi connectivity index (χ2n) is 13.5. The number of para-hydroxylation sites is 2. The standard InChI is InChI=1S/C51H32N4S/c1-4-15-33(16-5-1)36-27-29-40-41-23-14-24-42(48(41)56-47(40)32-36)43-31-37(28-30-46(43)55-44-25-12-10-21-38(44)39-22-11-13-26-45(39)55)51-53-49(34-17-6-2-7-18-34)52-50(54-51)35-19-8-3-9-20-35/h1-32H/i10D,11D,21D,22D,25D,26D. The Labute approximate surface area is 336 Å². The first-order valence-corrected chi connectivity index (χ1v) is 19.1. The highest BCUT2D eigenvalue weighted by molar-refractivity contribution is 7.26. The van der Waals surface area contributed by atoms with Crippen LogP contribution in [0.25, 0.3) is 104 Å². The molecular formula is C51H32N4S. The Morgan fingerprint density at radius 2 is 0.982 bits per heavy atom. The fourth-order valence-corrected chi connectivity index (χ4v) is 8.87. The lowest BCUT2D eigenvalue weighted by atomic mass is 9.97. The molecule has 3 aromatic heterocycles. The Kier molecular flexibility index (Phi) is 6.29. The van der Waals surface area contributed by atoms with E-state index in [1.165, 1.54) is 12.1 Å². The van der Waals surface area contributed by atoms with Crippen molar-refractivity contribution in [1.29, 1.82) is 0 Å². The summed E-state index contributed by atoms with van der Waals surface area (Å²) in [7, 11) is 0. The molecule has 0 atom stereocenters. The Hall–Kier alpha value is -7.21. The average Bonchev–Trinajstić information content (AvgIpc) is 3.88. The van der Waals surface area contributed by atoms with Crippen LogP contribution in [-0.2, 0) is 0 Å². The van der Waals surface area contributed by atoms with Gasteiger partial charge in [0, 0.05) is 58.8 Å². The normalized spacial score (nSPS) is 13.1. The maximum Gasteiger partial charge on any atom is 0.164 e. The van der Waals surface area contributed by atoms with E-state index in [1.54, 1.807) is 15.9 Å². The molecule has 3 heterocycles. The molecule has 4 nitrogen and oxygen atoms in total. The van der Waals surface area contributed by atoms with E-state index in [-0.39, 0.29) is 58.1 Å². The molecule has 11 rings (SSSR count). The van der Waals surface area contributed by atoms with Crippen LogP contribution in [0.5, 0.6) is 0 Å². The highest BCUT2D eigenvalue weighted by Gasteiger charge is 2.21. The molecule has 0 spiro atoms. The topological polar surface area (TPSA) is 43.6 Å². The van der Waals surface area contributed by atoms with Gasteiger partial charge in [0.2, 0.25) is 0 Å². The van der Waals surface area contributed by atoms with Crippen LogP contribution in [0, 0.1) is 0 Å². The molecule has 0 aliphatic heterocycles. The Morgan fingerprint density at radius 1 is 0.411 bits per heavy atom. The monoisotopic (exact) mass is 738 g/mol. The zero-order valence-corrected chi connectivity index (χ0v) is 30.5. The molecule has 0 unspecified atom stereocenters. The predicted octanol–water partition coefficient (Wildman–Crippen LogP) is 13.7. The van der Waals surface area contributed by atoms with Crippen LogP contribution in [0.4, 0.5) is 0 Å². The van der Waals surface area contributed by atoms with Gasteiger partial charge in [-0.3, -0.25) is 0 Å². The Bertz CT molecular complexity index is 3460. The third-order valence-electron chi connectivity index (χ3n) is 10.2. The Balaban J connectivity index is 1.24. The largest absolute Gasteiger partial charge is 0.309 e. The average molecular weight is 739 g/mol. The van der Waals surface area contributed by atoms with Crippen molar-refractivity contribution in [3.05, 3.63) is 194 Å². The van der Waals surface area contributed by atoms with Crippen LogP contribution in [0.3, 0.4) is 0 Å². The van der Waals surface area contributed by atoms with Crippen molar-refractivity contribution in [1.82, 2.24) is 19.5 Å². The van der Waals surface area contributed by atoms with Crippen LogP contribution in [0.15, 0.2) is 194 Å². The second kappa shape index (κ2) is 13.3. The van der Waals surface area contributed by atoms with E-state index in [4.69, 9.17) is 20.4 Å². The molecule has 0 saturated heterocycles. The molecule has 11 aromatic rings. The zero-order chi connectivity index (χ0) is 42.2. The zero-order valence-electron chi connectivity index (χ0n) is 35.7. The quantitative estimate of drug-likeness (QED) is 0.171.